The van der Waals surface area contributed by atoms with E-state index in [4.69, 9.17) is 23.2 Å². The summed E-state index contributed by atoms with van der Waals surface area (Å²) in [6.45, 7) is 0.380. The van der Waals surface area contributed by atoms with Gasteiger partial charge in [0.2, 0.25) is 0 Å². The normalized spacial score (nSPS) is 12.5. The Morgan fingerprint density at radius 3 is 2.82 bits per heavy atom. The number of alkyl halides is 1. The van der Waals surface area contributed by atoms with Crippen molar-refractivity contribution in [2.24, 2.45) is 0 Å². The number of nitrogens with one attached hydrogen (secondary N) is 2. The molecule has 0 aliphatic rings. The molecule has 0 spiro atoms. The van der Waals surface area contributed by atoms with Gasteiger partial charge in [-0.05, 0) is 30.3 Å². The summed E-state index contributed by atoms with van der Waals surface area (Å²) >= 11 is 11.9. The van der Waals surface area contributed by atoms with E-state index in [-0.39, 0.29) is 5.88 Å². The molecule has 22 heavy (non-hydrogen) atoms. The van der Waals surface area contributed by atoms with E-state index in [0.29, 0.717) is 17.4 Å². The van der Waals surface area contributed by atoms with Crippen LogP contribution in [0, 0.1) is 0 Å². The number of fused-ring (bicyclic) bond motifs is 1. The molecule has 0 bridgehead atoms. The molecule has 1 heterocycles. The van der Waals surface area contributed by atoms with Gasteiger partial charge in [0.15, 0.2) is 0 Å². The molecule has 0 saturated carbocycles. The van der Waals surface area contributed by atoms with Gasteiger partial charge in [-0.15, -0.1) is 11.6 Å². The second kappa shape index (κ2) is 6.57. The number of hydrogen-bond acceptors (Lipinski definition) is 3. The highest BCUT2D eigenvalue weighted by atomic mass is 35.5. The summed E-state index contributed by atoms with van der Waals surface area (Å²) in [6.07, 6.45) is -0.591. The number of H-pyrrole nitrogens is 1. The van der Waals surface area contributed by atoms with Crippen LogP contribution in [0.3, 0.4) is 0 Å². The van der Waals surface area contributed by atoms with Crippen molar-refractivity contribution in [3.63, 3.8) is 0 Å². The van der Waals surface area contributed by atoms with Gasteiger partial charge in [0.25, 0.3) is 0 Å². The minimum atomic E-state index is -0.591. The summed E-state index contributed by atoms with van der Waals surface area (Å²) in [7, 11) is 0. The van der Waals surface area contributed by atoms with Crippen LogP contribution in [-0.2, 0) is 0 Å². The highest BCUT2D eigenvalue weighted by molar-refractivity contribution is 6.33. The Bertz CT molecular complexity index is 755. The maximum Gasteiger partial charge on any atom is 0.140 e. The molecule has 0 fully saturated rings. The highest BCUT2D eigenvalue weighted by Gasteiger charge is 2.10. The topological polar surface area (TPSA) is 60.9 Å². The fraction of sp³-hybridized carbons (Fsp3) is 0.188. The first-order chi connectivity index (χ1) is 10.7. The molecule has 3 rings (SSSR count). The van der Waals surface area contributed by atoms with Crippen LogP contribution in [0.15, 0.2) is 42.5 Å². The Labute approximate surface area is 138 Å². The maximum absolute atomic E-state index is 9.52. The van der Waals surface area contributed by atoms with Crippen molar-refractivity contribution in [2.75, 3.05) is 17.7 Å². The Balaban J connectivity index is 1.92. The van der Waals surface area contributed by atoms with Crippen molar-refractivity contribution < 1.29 is 5.11 Å². The standard InChI is InChI=1S/C16H15Cl2N3O/c17-8-11(22)9-19-10-5-6-13(18)12(7-10)16-20-14-3-1-2-4-15(14)21-16/h1-7,11,19,22H,8-9H2,(H,20,21). The molecular formula is C16H15Cl2N3O. The van der Waals surface area contributed by atoms with Crippen LogP contribution >= 0.6 is 23.2 Å². The molecule has 0 saturated heterocycles. The zero-order chi connectivity index (χ0) is 15.5. The Kier molecular flexibility index (Phi) is 4.52. The van der Waals surface area contributed by atoms with Crippen LogP contribution in [0.1, 0.15) is 0 Å². The van der Waals surface area contributed by atoms with Gasteiger partial charge in [0, 0.05) is 17.8 Å². The Morgan fingerprint density at radius 2 is 2.05 bits per heavy atom. The fourth-order valence-electron chi connectivity index (χ4n) is 2.19. The first-order valence-electron chi connectivity index (χ1n) is 6.90. The van der Waals surface area contributed by atoms with Crippen LogP contribution < -0.4 is 5.32 Å². The number of aliphatic hydroxyl groups excluding tert-OH is 1. The van der Waals surface area contributed by atoms with Crippen molar-refractivity contribution in [1.82, 2.24) is 9.97 Å². The zero-order valence-corrected chi connectivity index (χ0v) is 13.2. The van der Waals surface area contributed by atoms with Crippen LogP contribution in [-0.4, -0.2) is 33.6 Å². The van der Waals surface area contributed by atoms with Crippen molar-refractivity contribution in [1.29, 1.82) is 0 Å². The van der Waals surface area contributed by atoms with Crippen molar-refractivity contribution in [3.8, 4) is 11.4 Å². The first kappa shape index (κ1) is 15.2. The van der Waals surface area contributed by atoms with Gasteiger partial charge < -0.3 is 15.4 Å². The molecule has 114 valence electrons. The fourth-order valence-corrected chi connectivity index (χ4v) is 2.50. The second-order valence-corrected chi connectivity index (χ2v) is 5.70. The third-order valence-electron chi connectivity index (χ3n) is 3.33. The van der Waals surface area contributed by atoms with E-state index in [1.807, 2.05) is 36.4 Å². The summed E-state index contributed by atoms with van der Waals surface area (Å²) in [4.78, 5) is 7.82. The molecule has 2 aromatic carbocycles. The first-order valence-corrected chi connectivity index (χ1v) is 7.81. The summed E-state index contributed by atoms with van der Waals surface area (Å²) in [5, 5.41) is 13.3. The van der Waals surface area contributed by atoms with Gasteiger partial charge in [0.1, 0.15) is 5.82 Å². The summed E-state index contributed by atoms with van der Waals surface area (Å²) in [5.41, 5.74) is 3.52. The van der Waals surface area contributed by atoms with E-state index in [1.54, 1.807) is 6.07 Å². The lowest BCUT2D eigenvalue weighted by atomic mass is 10.2. The Hall–Kier alpha value is -1.75. The predicted octanol–water partition coefficient (Wildman–Crippen LogP) is 3.89. The molecule has 1 unspecified atom stereocenters. The number of imidazole rings is 1. The molecule has 6 heteroatoms. The number of aromatic amines is 1. The number of anilines is 1. The zero-order valence-electron chi connectivity index (χ0n) is 11.7. The summed E-state index contributed by atoms with van der Waals surface area (Å²) in [5.74, 6) is 0.907. The molecule has 0 amide bonds. The van der Waals surface area contributed by atoms with Gasteiger partial charge in [-0.3, -0.25) is 0 Å². The lowest BCUT2D eigenvalue weighted by Gasteiger charge is -2.11. The number of benzene rings is 2. The van der Waals surface area contributed by atoms with Gasteiger partial charge in [-0.1, -0.05) is 23.7 Å². The van der Waals surface area contributed by atoms with Gasteiger partial charge >= 0.3 is 0 Å². The highest BCUT2D eigenvalue weighted by Crippen LogP contribution is 2.30. The van der Waals surface area contributed by atoms with E-state index in [1.165, 1.54) is 0 Å². The quantitative estimate of drug-likeness (QED) is 0.620. The average molecular weight is 336 g/mol. The minimum absolute atomic E-state index is 0.191. The SMILES string of the molecule is OC(CCl)CNc1ccc(Cl)c(-c2nc3ccccc3[nH]2)c1. The van der Waals surface area contributed by atoms with Crippen LogP contribution in [0.2, 0.25) is 5.02 Å². The molecular weight excluding hydrogens is 321 g/mol. The van der Waals surface area contributed by atoms with Crippen molar-refractivity contribution in [3.05, 3.63) is 47.5 Å². The average Bonchev–Trinajstić information content (AvgIpc) is 2.97. The van der Waals surface area contributed by atoms with Crippen LogP contribution in [0.4, 0.5) is 5.69 Å². The van der Waals surface area contributed by atoms with E-state index in [0.717, 1.165) is 22.3 Å². The number of para-hydroxylation sites is 2. The number of nitrogens with zero attached hydrogens (tertiary/aromatic N) is 1. The second-order valence-electron chi connectivity index (χ2n) is 4.99. The number of aliphatic hydroxyl groups is 1. The van der Waals surface area contributed by atoms with Crippen molar-refractivity contribution in [2.45, 2.75) is 6.10 Å². The molecule has 1 atom stereocenters. The third-order valence-corrected chi connectivity index (χ3v) is 4.02. The van der Waals surface area contributed by atoms with E-state index in [2.05, 4.69) is 15.3 Å². The Morgan fingerprint density at radius 1 is 1.23 bits per heavy atom. The maximum atomic E-state index is 9.52. The third kappa shape index (κ3) is 3.19. The van der Waals surface area contributed by atoms with E-state index < -0.39 is 6.10 Å². The predicted molar refractivity (Wildman–Crippen MR) is 91.8 cm³/mol. The monoisotopic (exact) mass is 335 g/mol. The lowest BCUT2D eigenvalue weighted by molar-refractivity contribution is 0.211. The van der Waals surface area contributed by atoms with E-state index >= 15 is 0 Å². The van der Waals surface area contributed by atoms with Gasteiger partial charge in [0.05, 0.1) is 28.0 Å². The smallest absolute Gasteiger partial charge is 0.140 e. The number of halogens is 2. The van der Waals surface area contributed by atoms with Crippen LogP contribution in [0.25, 0.3) is 22.4 Å². The molecule has 3 aromatic rings. The summed E-state index contributed by atoms with van der Waals surface area (Å²) in [6, 6.07) is 13.4. The number of aromatic nitrogens is 2. The molecule has 1 aromatic heterocycles. The molecule has 0 aliphatic carbocycles. The molecule has 0 aliphatic heterocycles. The van der Waals surface area contributed by atoms with Crippen molar-refractivity contribution >= 4 is 39.9 Å². The molecule has 0 radical (unpaired) electrons. The number of hydrogen-bond donors (Lipinski definition) is 3. The van der Waals surface area contributed by atoms with Crippen LogP contribution in [0.5, 0.6) is 0 Å². The largest absolute Gasteiger partial charge is 0.390 e. The minimum Gasteiger partial charge on any atom is -0.390 e. The van der Waals surface area contributed by atoms with Gasteiger partial charge in [-0.25, -0.2) is 4.98 Å². The lowest BCUT2D eigenvalue weighted by Crippen LogP contribution is -2.20. The number of rotatable bonds is 5. The molecule has 4 nitrogen and oxygen atoms in total. The molecule has 3 N–H and O–H groups in total. The van der Waals surface area contributed by atoms with E-state index in [9.17, 15) is 5.11 Å². The summed E-state index contributed by atoms with van der Waals surface area (Å²) < 4.78 is 0. The van der Waals surface area contributed by atoms with Gasteiger partial charge in [-0.2, -0.15) is 0 Å².